The molecule has 0 radical (unpaired) electrons. The first-order valence-electron chi connectivity index (χ1n) is 8.30. The molecule has 0 aliphatic rings. The molecule has 1 unspecified atom stereocenters. The van der Waals surface area contributed by atoms with Gasteiger partial charge in [-0.1, -0.05) is 36.4 Å². The zero-order valence-corrected chi connectivity index (χ0v) is 14.5. The number of benzene rings is 3. The van der Waals surface area contributed by atoms with Crippen molar-refractivity contribution in [2.45, 2.75) is 12.2 Å². The van der Waals surface area contributed by atoms with Crippen molar-refractivity contribution >= 4 is 11.6 Å². The maximum absolute atomic E-state index is 14.1. The average Bonchev–Trinajstić information content (AvgIpc) is 2.66. The van der Waals surface area contributed by atoms with Crippen molar-refractivity contribution in [1.82, 2.24) is 0 Å². The van der Waals surface area contributed by atoms with E-state index in [0.717, 1.165) is 6.07 Å². The molecule has 0 aliphatic carbocycles. The van der Waals surface area contributed by atoms with Crippen LogP contribution in [0.1, 0.15) is 22.0 Å². The summed E-state index contributed by atoms with van der Waals surface area (Å²) in [6, 6.07) is 14.8. The van der Waals surface area contributed by atoms with Gasteiger partial charge < -0.3 is 10.2 Å². The molecular weight excluding hydrogens is 371 g/mol. The summed E-state index contributed by atoms with van der Waals surface area (Å²) in [5.74, 6) is -1.32. The lowest BCUT2D eigenvalue weighted by molar-refractivity contribution is -0.149. The summed E-state index contributed by atoms with van der Waals surface area (Å²) < 4.78 is 42.3. The minimum atomic E-state index is -4.77. The summed E-state index contributed by atoms with van der Waals surface area (Å²) in [5, 5.41) is 19.1. The predicted octanol–water partition coefficient (Wildman–Crippen LogP) is 5.05. The van der Waals surface area contributed by atoms with Gasteiger partial charge in [-0.15, -0.1) is 0 Å². The molecule has 3 aromatic carbocycles. The first kappa shape index (κ1) is 19.3. The number of halogens is 3. The molecule has 3 aromatic rings. The maximum Gasteiger partial charge on any atom is 0.413 e. The Labute approximate surface area is 159 Å². The lowest BCUT2D eigenvalue weighted by atomic mass is 10.0. The van der Waals surface area contributed by atoms with E-state index in [1.54, 1.807) is 6.07 Å². The summed E-state index contributed by atoms with van der Waals surface area (Å²) >= 11 is 0. The maximum atomic E-state index is 14.1. The smallest absolute Gasteiger partial charge is 0.413 e. The average molecular weight is 387 g/mol. The number of carbonyl (C=O) groups excluding carboxylic acids is 1. The number of phenolic OH excluding ortho intramolecular Hbond substituents is 2. The number of rotatable bonds is 4. The standard InChI is InChI=1S/C21H16F3NO3/c22-21(23,24)19(14-5-2-1-3-6-14)25(16-9-11-17(26)12-10-16)20(28)15-7-4-8-18(27)13-15/h1-13,19,26-27H. The molecule has 0 aromatic heterocycles. The van der Waals surface area contributed by atoms with Crippen LogP contribution in [0.15, 0.2) is 78.9 Å². The summed E-state index contributed by atoms with van der Waals surface area (Å²) in [6.45, 7) is 0. The third-order valence-corrected chi connectivity index (χ3v) is 4.12. The largest absolute Gasteiger partial charge is 0.508 e. The molecule has 7 heteroatoms. The zero-order chi connectivity index (χ0) is 20.3. The third-order valence-electron chi connectivity index (χ3n) is 4.12. The van der Waals surface area contributed by atoms with Gasteiger partial charge in [0, 0.05) is 11.3 Å². The molecule has 3 rings (SSSR count). The molecule has 0 saturated carbocycles. The molecule has 1 atom stereocenters. The van der Waals surface area contributed by atoms with E-state index in [9.17, 15) is 28.2 Å². The third kappa shape index (κ3) is 4.09. The molecular formula is C21H16F3NO3. The van der Waals surface area contributed by atoms with Crippen LogP contribution in [0.4, 0.5) is 18.9 Å². The number of alkyl halides is 3. The number of carbonyl (C=O) groups is 1. The molecule has 0 bridgehead atoms. The van der Waals surface area contributed by atoms with Gasteiger partial charge in [-0.3, -0.25) is 9.69 Å². The van der Waals surface area contributed by atoms with E-state index in [4.69, 9.17) is 0 Å². The molecule has 0 spiro atoms. The predicted molar refractivity (Wildman–Crippen MR) is 98.3 cm³/mol. The summed E-state index contributed by atoms with van der Waals surface area (Å²) in [5.41, 5.74) is -0.257. The Kier molecular flexibility index (Phi) is 5.26. The van der Waals surface area contributed by atoms with Gasteiger partial charge in [0.05, 0.1) is 0 Å². The van der Waals surface area contributed by atoms with Crippen molar-refractivity contribution < 1.29 is 28.2 Å². The Hall–Kier alpha value is -3.48. The van der Waals surface area contributed by atoms with Crippen LogP contribution >= 0.6 is 0 Å². The van der Waals surface area contributed by atoms with Gasteiger partial charge in [0.2, 0.25) is 0 Å². The Bertz CT molecular complexity index is 957. The summed E-state index contributed by atoms with van der Waals surface area (Å²) in [6.07, 6.45) is -4.77. The first-order chi connectivity index (χ1) is 13.3. The number of aromatic hydroxyl groups is 2. The number of phenols is 2. The van der Waals surface area contributed by atoms with Crippen molar-refractivity contribution in [1.29, 1.82) is 0 Å². The highest BCUT2D eigenvalue weighted by molar-refractivity contribution is 6.07. The van der Waals surface area contributed by atoms with E-state index in [0.29, 0.717) is 4.90 Å². The lowest BCUT2D eigenvalue weighted by Crippen LogP contribution is -2.42. The van der Waals surface area contributed by atoms with Crippen LogP contribution in [0, 0.1) is 0 Å². The Morgan fingerprint density at radius 2 is 1.46 bits per heavy atom. The molecule has 28 heavy (non-hydrogen) atoms. The molecule has 0 heterocycles. The fourth-order valence-electron chi connectivity index (χ4n) is 2.89. The zero-order valence-electron chi connectivity index (χ0n) is 14.5. The first-order valence-corrected chi connectivity index (χ1v) is 8.30. The van der Waals surface area contributed by atoms with E-state index < -0.39 is 18.1 Å². The molecule has 2 N–H and O–H groups in total. The van der Waals surface area contributed by atoms with Crippen molar-refractivity contribution in [3.63, 3.8) is 0 Å². The quantitative estimate of drug-likeness (QED) is 0.659. The highest BCUT2D eigenvalue weighted by atomic mass is 19.4. The second-order valence-corrected chi connectivity index (χ2v) is 6.10. The van der Waals surface area contributed by atoms with Crippen molar-refractivity contribution in [2.24, 2.45) is 0 Å². The lowest BCUT2D eigenvalue weighted by Gasteiger charge is -2.33. The van der Waals surface area contributed by atoms with Crippen LogP contribution in [0.3, 0.4) is 0 Å². The summed E-state index contributed by atoms with van der Waals surface area (Å²) in [7, 11) is 0. The van der Waals surface area contributed by atoms with Gasteiger partial charge in [-0.05, 0) is 48.0 Å². The van der Waals surface area contributed by atoms with Gasteiger partial charge in [0.1, 0.15) is 11.5 Å². The van der Waals surface area contributed by atoms with Crippen LogP contribution in [-0.4, -0.2) is 22.3 Å². The van der Waals surface area contributed by atoms with Gasteiger partial charge in [-0.25, -0.2) is 0 Å². The Morgan fingerprint density at radius 1 is 0.821 bits per heavy atom. The molecule has 0 aliphatic heterocycles. The van der Waals surface area contributed by atoms with Crippen LogP contribution in [0.5, 0.6) is 11.5 Å². The fourth-order valence-corrected chi connectivity index (χ4v) is 2.89. The van der Waals surface area contributed by atoms with Crippen LogP contribution in [-0.2, 0) is 0 Å². The van der Waals surface area contributed by atoms with Gasteiger partial charge in [-0.2, -0.15) is 13.2 Å². The number of nitrogens with zero attached hydrogens (tertiary/aromatic N) is 1. The van der Waals surface area contributed by atoms with Crippen molar-refractivity contribution in [3.05, 3.63) is 90.0 Å². The van der Waals surface area contributed by atoms with Crippen molar-refractivity contribution in [2.75, 3.05) is 4.90 Å². The molecule has 1 amide bonds. The number of hydrogen-bond donors (Lipinski definition) is 2. The minimum Gasteiger partial charge on any atom is -0.508 e. The second-order valence-electron chi connectivity index (χ2n) is 6.10. The second kappa shape index (κ2) is 7.64. The highest BCUT2D eigenvalue weighted by Gasteiger charge is 2.47. The van der Waals surface area contributed by atoms with E-state index in [1.807, 2.05) is 0 Å². The summed E-state index contributed by atoms with van der Waals surface area (Å²) in [4.78, 5) is 13.7. The minimum absolute atomic E-state index is 0.0441. The fraction of sp³-hybridized carbons (Fsp3) is 0.0952. The number of anilines is 1. The van der Waals surface area contributed by atoms with E-state index in [2.05, 4.69) is 0 Å². The monoisotopic (exact) mass is 387 g/mol. The Morgan fingerprint density at radius 3 is 2.04 bits per heavy atom. The SMILES string of the molecule is O=C(c1cccc(O)c1)N(c1ccc(O)cc1)C(c1ccccc1)C(F)(F)F. The molecule has 0 saturated heterocycles. The number of amides is 1. The normalized spacial score (nSPS) is 12.4. The van der Waals surface area contributed by atoms with Gasteiger partial charge in [0.15, 0.2) is 6.04 Å². The van der Waals surface area contributed by atoms with Crippen LogP contribution in [0.2, 0.25) is 0 Å². The Balaban J connectivity index is 2.19. The van der Waals surface area contributed by atoms with Crippen LogP contribution in [0.25, 0.3) is 0 Å². The van der Waals surface area contributed by atoms with E-state index in [1.165, 1.54) is 66.7 Å². The topological polar surface area (TPSA) is 60.8 Å². The highest BCUT2D eigenvalue weighted by Crippen LogP contribution is 2.41. The molecule has 4 nitrogen and oxygen atoms in total. The van der Waals surface area contributed by atoms with E-state index in [-0.39, 0.29) is 28.3 Å². The van der Waals surface area contributed by atoms with E-state index >= 15 is 0 Å². The molecule has 144 valence electrons. The van der Waals surface area contributed by atoms with Gasteiger partial charge >= 0.3 is 6.18 Å². The van der Waals surface area contributed by atoms with Crippen LogP contribution < -0.4 is 4.90 Å². The number of hydrogen-bond acceptors (Lipinski definition) is 3. The van der Waals surface area contributed by atoms with Crippen molar-refractivity contribution in [3.8, 4) is 11.5 Å². The molecule has 0 fully saturated rings. The van der Waals surface area contributed by atoms with Gasteiger partial charge in [0.25, 0.3) is 5.91 Å².